The lowest BCUT2D eigenvalue weighted by atomic mass is 10.1. The maximum Gasteiger partial charge on any atom is 0.221 e. The number of carbonyl (C=O) groups excluding carboxylic acids is 1. The van der Waals surface area contributed by atoms with Crippen LogP contribution in [0.5, 0.6) is 5.75 Å². The van der Waals surface area contributed by atoms with E-state index in [1.165, 1.54) is 11.1 Å². The summed E-state index contributed by atoms with van der Waals surface area (Å²) in [5.74, 6) is 0.701. The van der Waals surface area contributed by atoms with Gasteiger partial charge in [-0.05, 0) is 42.6 Å². The molecule has 1 saturated heterocycles. The molecule has 1 aliphatic rings. The van der Waals surface area contributed by atoms with Gasteiger partial charge in [0.25, 0.3) is 0 Å². The Hall–Kier alpha value is -2.33. The summed E-state index contributed by atoms with van der Waals surface area (Å²) in [4.78, 5) is 13.4. The zero-order chi connectivity index (χ0) is 16.8. The summed E-state index contributed by atoms with van der Waals surface area (Å²) in [6.07, 6.45) is 1.80. The lowest BCUT2D eigenvalue weighted by Crippen LogP contribution is -2.30. The third kappa shape index (κ3) is 4.59. The van der Waals surface area contributed by atoms with E-state index in [9.17, 15) is 4.79 Å². The van der Waals surface area contributed by atoms with E-state index in [4.69, 9.17) is 10.5 Å². The van der Waals surface area contributed by atoms with Crippen molar-refractivity contribution in [2.75, 3.05) is 26.2 Å². The number of amides is 1. The highest BCUT2D eigenvalue weighted by Gasteiger charge is 2.26. The van der Waals surface area contributed by atoms with Gasteiger partial charge in [-0.1, -0.05) is 42.5 Å². The number of ether oxygens (including phenoxy) is 1. The molecule has 0 aromatic heterocycles. The largest absolute Gasteiger partial charge is 0.492 e. The molecule has 1 aliphatic heterocycles. The van der Waals surface area contributed by atoms with E-state index in [1.54, 1.807) is 0 Å². The second-order valence-corrected chi connectivity index (χ2v) is 6.34. The van der Waals surface area contributed by atoms with E-state index in [1.807, 2.05) is 18.2 Å². The molecule has 0 spiro atoms. The first-order valence-electron chi connectivity index (χ1n) is 8.48. The zero-order valence-electron chi connectivity index (χ0n) is 13.9. The Kier molecular flexibility index (Phi) is 5.49. The molecule has 24 heavy (non-hydrogen) atoms. The highest BCUT2D eigenvalue weighted by atomic mass is 16.5. The van der Waals surface area contributed by atoms with Gasteiger partial charge in [-0.3, -0.25) is 9.69 Å². The molecule has 0 bridgehead atoms. The molecular formula is C20H24N2O2. The van der Waals surface area contributed by atoms with Crippen molar-refractivity contribution in [3.05, 3.63) is 65.7 Å². The summed E-state index contributed by atoms with van der Waals surface area (Å²) < 4.78 is 5.81. The van der Waals surface area contributed by atoms with Crippen LogP contribution in [-0.4, -0.2) is 37.0 Å². The minimum absolute atomic E-state index is 0.00210. The molecule has 4 heteroatoms. The van der Waals surface area contributed by atoms with Crippen LogP contribution in [0.2, 0.25) is 0 Å². The normalized spacial score (nSPS) is 17.8. The second-order valence-electron chi connectivity index (χ2n) is 6.34. The van der Waals surface area contributed by atoms with Gasteiger partial charge >= 0.3 is 0 Å². The fraction of sp³-hybridized carbons (Fsp3) is 0.350. The van der Waals surface area contributed by atoms with E-state index in [2.05, 4.69) is 41.3 Å². The summed E-state index contributed by atoms with van der Waals surface area (Å²) in [6.45, 7) is 3.14. The fourth-order valence-electron chi connectivity index (χ4n) is 3.10. The Morgan fingerprint density at radius 1 is 1.08 bits per heavy atom. The van der Waals surface area contributed by atoms with Gasteiger partial charge in [0.1, 0.15) is 12.4 Å². The monoisotopic (exact) mass is 324 g/mol. The molecule has 3 rings (SSSR count). The van der Waals surface area contributed by atoms with Gasteiger partial charge in [-0.15, -0.1) is 0 Å². The van der Waals surface area contributed by atoms with Crippen LogP contribution in [0.15, 0.2) is 54.6 Å². The van der Waals surface area contributed by atoms with Gasteiger partial charge in [0.2, 0.25) is 5.91 Å². The van der Waals surface area contributed by atoms with Crippen LogP contribution in [0.25, 0.3) is 0 Å². The zero-order valence-corrected chi connectivity index (χ0v) is 13.9. The number of hydrogen-bond acceptors (Lipinski definition) is 3. The van der Waals surface area contributed by atoms with Crippen LogP contribution in [0, 0.1) is 5.92 Å². The molecule has 1 atom stereocenters. The van der Waals surface area contributed by atoms with Gasteiger partial charge in [-0.2, -0.15) is 0 Å². The first-order chi connectivity index (χ1) is 11.7. The summed E-state index contributed by atoms with van der Waals surface area (Å²) in [5.41, 5.74) is 7.94. The number of primary amides is 1. The molecule has 1 heterocycles. The van der Waals surface area contributed by atoms with E-state index >= 15 is 0 Å². The number of carbonyl (C=O) groups is 1. The van der Waals surface area contributed by atoms with Crippen molar-refractivity contribution in [1.29, 1.82) is 0 Å². The Morgan fingerprint density at radius 2 is 1.79 bits per heavy atom. The number of benzene rings is 2. The first kappa shape index (κ1) is 16.5. The number of nitrogens with two attached hydrogens (primary N) is 1. The fourth-order valence-corrected chi connectivity index (χ4v) is 3.10. The average molecular weight is 324 g/mol. The number of hydrogen-bond donors (Lipinski definition) is 1. The summed E-state index contributed by atoms with van der Waals surface area (Å²) >= 11 is 0. The molecule has 4 nitrogen and oxygen atoms in total. The highest BCUT2D eigenvalue weighted by Crippen LogP contribution is 2.17. The predicted octanol–water partition coefficient (Wildman–Crippen LogP) is 2.46. The minimum atomic E-state index is -0.188. The van der Waals surface area contributed by atoms with Gasteiger partial charge < -0.3 is 10.5 Å². The smallest absolute Gasteiger partial charge is 0.221 e. The highest BCUT2D eigenvalue weighted by molar-refractivity contribution is 5.77. The SMILES string of the molecule is NC(=O)C1CCN(CCOc2ccc(Cc3ccccc3)cc2)C1. The Balaban J connectivity index is 1.43. The molecule has 0 aliphatic carbocycles. The van der Waals surface area contributed by atoms with Crippen molar-refractivity contribution in [2.24, 2.45) is 11.7 Å². The number of rotatable bonds is 7. The van der Waals surface area contributed by atoms with Crippen molar-refractivity contribution in [3.8, 4) is 5.75 Å². The van der Waals surface area contributed by atoms with Crippen molar-refractivity contribution in [2.45, 2.75) is 12.8 Å². The molecule has 2 aromatic rings. The lowest BCUT2D eigenvalue weighted by Gasteiger charge is -2.15. The minimum Gasteiger partial charge on any atom is -0.492 e. The van der Waals surface area contributed by atoms with Crippen molar-refractivity contribution in [3.63, 3.8) is 0 Å². The summed E-state index contributed by atoms with van der Waals surface area (Å²) in [6, 6.07) is 18.7. The van der Waals surface area contributed by atoms with E-state index in [0.29, 0.717) is 6.61 Å². The standard InChI is InChI=1S/C20H24N2O2/c21-20(23)18-10-11-22(15-18)12-13-24-19-8-6-17(7-9-19)14-16-4-2-1-3-5-16/h1-9,18H,10-15H2,(H2,21,23). The number of likely N-dealkylation sites (tertiary alicyclic amines) is 1. The Labute approximate surface area is 143 Å². The molecule has 2 aromatic carbocycles. The third-order valence-electron chi connectivity index (χ3n) is 4.53. The quantitative estimate of drug-likeness (QED) is 0.851. The van der Waals surface area contributed by atoms with Crippen LogP contribution >= 0.6 is 0 Å². The third-order valence-corrected chi connectivity index (χ3v) is 4.53. The Bertz CT molecular complexity index is 655. The van der Waals surface area contributed by atoms with Crippen molar-refractivity contribution in [1.82, 2.24) is 4.90 Å². The van der Waals surface area contributed by atoms with Crippen LogP contribution in [0.1, 0.15) is 17.5 Å². The maximum atomic E-state index is 11.2. The van der Waals surface area contributed by atoms with Crippen LogP contribution < -0.4 is 10.5 Å². The van der Waals surface area contributed by atoms with E-state index in [-0.39, 0.29) is 11.8 Å². The first-order valence-corrected chi connectivity index (χ1v) is 8.48. The molecule has 1 unspecified atom stereocenters. The van der Waals surface area contributed by atoms with Crippen LogP contribution in [0.4, 0.5) is 0 Å². The van der Waals surface area contributed by atoms with Gasteiger partial charge in [0, 0.05) is 13.1 Å². The predicted molar refractivity (Wildman–Crippen MR) is 94.9 cm³/mol. The molecule has 1 fully saturated rings. The van der Waals surface area contributed by atoms with Crippen LogP contribution in [0.3, 0.4) is 0 Å². The van der Waals surface area contributed by atoms with Crippen LogP contribution in [-0.2, 0) is 11.2 Å². The second kappa shape index (κ2) is 7.97. The molecule has 0 radical (unpaired) electrons. The molecule has 126 valence electrons. The maximum absolute atomic E-state index is 11.2. The topological polar surface area (TPSA) is 55.6 Å². The molecule has 0 saturated carbocycles. The van der Waals surface area contributed by atoms with Crippen molar-refractivity contribution >= 4 is 5.91 Å². The number of nitrogens with zero attached hydrogens (tertiary/aromatic N) is 1. The molecule has 1 amide bonds. The molecular weight excluding hydrogens is 300 g/mol. The lowest BCUT2D eigenvalue weighted by molar-refractivity contribution is -0.121. The Morgan fingerprint density at radius 3 is 2.46 bits per heavy atom. The summed E-state index contributed by atoms with van der Waals surface area (Å²) in [5, 5.41) is 0. The van der Waals surface area contributed by atoms with Crippen molar-refractivity contribution < 1.29 is 9.53 Å². The molecule has 2 N–H and O–H groups in total. The van der Waals surface area contributed by atoms with Gasteiger partial charge in [0.05, 0.1) is 5.92 Å². The van der Waals surface area contributed by atoms with Gasteiger partial charge in [0.15, 0.2) is 0 Å². The average Bonchev–Trinajstić information content (AvgIpc) is 3.07. The summed E-state index contributed by atoms with van der Waals surface area (Å²) in [7, 11) is 0. The van der Waals surface area contributed by atoms with E-state index in [0.717, 1.165) is 38.2 Å². The van der Waals surface area contributed by atoms with Gasteiger partial charge in [-0.25, -0.2) is 0 Å². The van der Waals surface area contributed by atoms with E-state index < -0.39 is 0 Å².